The summed E-state index contributed by atoms with van der Waals surface area (Å²) in [5.74, 6) is 0. The van der Waals surface area contributed by atoms with Crippen LogP contribution in [0, 0.1) is 55.4 Å². The molecule has 0 N–H and O–H groups in total. The molecular weight excluding hydrogens is 817 g/mol. The van der Waals surface area contributed by atoms with Crippen LogP contribution in [0.4, 0.5) is 0 Å². The van der Waals surface area contributed by atoms with E-state index in [1.54, 1.807) is 0 Å². The minimum absolute atomic E-state index is 1.25. The maximum Gasteiger partial charge on any atom is -0.0100 e. The first-order valence-electron chi connectivity index (χ1n) is 23.8. The van der Waals surface area contributed by atoms with Gasteiger partial charge in [0.1, 0.15) is 0 Å². The quantitative estimate of drug-likeness (QED) is 0.150. The lowest BCUT2D eigenvalue weighted by atomic mass is 9.88. The smallest absolute Gasteiger partial charge is 0.0100 e. The van der Waals surface area contributed by atoms with E-state index in [1.807, 2.05) is 0 Å². The van der Waals surface area contributed by atoms with Crippen molar-refractivity contribution in [2.24, 2.45) is 0 Å². The van der Waals surface area contributed by atoms with Crippen molar-refractivity contribution < 1.29 is 0 Å². The summed E-state index contributed by atoms with van der Waals surface area (Å²) < 4.78 is 0. The molecule has 68 heavy (non-hydrogen) atoms. The predicted molar refractivity (Wildman–Crippen MR) is 295 cm³/mol. The lowest BCUT2D eigenvalue weighted by Gasteiger charge is -2.16. The third-order valence-corrected chi connectivity index (χ3v) is 12.7. The molecule has 0 saturated heterocycles. The van der Waals surface area contributed by atoms with Crippen molar-refractivity contribution in [2.45, 2.75) is 55.4 Å². The second kappa shape index (κ2) is 21.7. The standard InChI is InChI=1S/C34H30.C20H18.C14H14/c1-23-8-13-27(14-9-23)29-6-5-7-31(22-29)33-18-12-25(3)20-34(33)32-19-17-30(21-26(32)4)28-15-10-24(2)11-16-28;1-15-6-10-17(11-7-15)19-4-3-5-20(14-19)18-12-8-16(2)9-13-18;1-11-6-8-13(9-7-11)14-5-3-4-12(2)10-14/h5-22H,1-4H3;3-14H,1-2H3;3-10H,1-2H3. The van der Waals surface area contributed by atoms with Crippen molar-refractivity contribution >= 4 is 0 Å². The number of aryl methyl sites for hydroxylation is 8. The van der Waals surface area contributed by atoms with Crippen LogP contribution < -0.4 is 0 Å². The summed E-state index contributed by atoms with van der Waals surface area (Å²) in [6.07, 6.45) is 0. The molecule has 0 heteroatoms. The number of hydrogen-bond donors (Lipinski definition) is 0. The second-order valence-corrected chi connectivity index (χ2v) is 18.4. The first kappa shape index (κ1) is 46.7. The molecule has 0 aliphatic carbocycles. The SMILES string of the molecule is Cc1ccc(-c2cccc(-c3ccc(C)cc3)c2)cc1.Cc1ccc(-c2cccc(-c3ccc(C)cc3-c3ccc(-c4ccc(C)cc4)cc3C)c2)cc1.Cc1ccc(-c2cccc(C)c2)cc1. The Balaban J connectivity index is 0.000000154. The third-order valence-electron chi connectivity index (χ3n) is 12.7. The van der Waals surface area contributed by atoms with Crippen LogP contribution >= 0.6 is 0 Å². The Kier molecular flexibility index (Phi) is 14.9. The molecule has 0 atom stereocenters. The third kappa shape index (κ3) is 12.0. The van der Waals surface area contributed by atoms with E-state index in [9.17, 15) is 0 Å². The van der Waals surface area contributed by atoms with E-state index in [0.717, 1.165) is 0 Å². The molecule has 0 unspecified atom stereocenters. The van der Waals surface area contributed by atoms with Crippen molar-refractivity contribution in [1.82, 2.24) is 0 Å². The van der Waals surface area contributed by atoms with Gasteiger partial charge < -0.3 is 0 Å². The molecule has 0 aliphatic rings. The van der Waals surface area contributed by atoms with E-state index in [-0.39, 0.29) is 0 Å². The normalized spacial score (nSPS) is 10.6. The van der Waals surface area contributed by atoms with Gasteiger partial charge in [-0.1, -0.05) is 257 Å². The Morgan fingerprint density at radius 3 is 0.824 bits per heavy atom. The molecule has 334 valence electrons. The molecule has 0 bridgehead atoms. The lowest BCUT2D eigenvalue weighted by Crippen LogP contribution is -1.91. The molecule has 10 rings (SSSR count). The van der Waals surface area contributed by atoms with Crippen LogP contribution in [-0.4, -0.2) is 0 Å². The van der Waals surface area contributed by atoms with Gasteiger partial charge in [-0.3, -0.25) is 0 Å². The van der Waals surface area contributed by atoms with Crippen molar-refractivity contribution in [1.29, 1.82) is 0 Å². The molecule has 10 aromatic carbocycles. The largest absolute Gasteiger partial charge is 0.0614 e. The van der Waals surface area contributed by atoms with Crippen LogP contribution in [0.15, 0.2) is 231 Å². The highest BCUT2D eigenvalue weighted by molar-refractivity contribution is 5.88. The van der Waals surface area contributed by atoms with Crippen LogP contribution in [0.25, 0.3) is 77.9 Å². The summed E-state index contributed by atoms with van der Waals surface area (Å²) in [5, 5.41) is 0. The molecule has 0 spiro atoms. The molecule has 0 aromatic heterocycles. The molecule has 0 aliphatic heterocycles. The Labute approximate surface area is 406 Å². The number of benzene rings is 10. The van der Waals surface area contributed by atoms with Crippen LogP contribution in [0.5, 0.6) is 0 Å². The zero-order valence-corrected chi connectivity index (χ0v) is 40.9. The maximum absolute atomic E-state index is 2.32. The zero-order chi connectivity index (χ0) is 47.6. The number of hydrogen-bond acceptors (Lipinski definition) is 0. The summed E-state index contributed by atoms with van der Waals surface area (Å²) in [5.41, 5.74) is 28.1. The van der Waals surface area contributed by atoms with Crippen molar-refractivity contribution in [3.63, 3.8) is 0 Å². The summed E-state index contributed by atoms with van der Waals surface area (Å²) >= 11 is 0. The van der Waals surface area contributed by atoms with E-state index in [0.29, 0.717) is 0 Å². The van der Waals surface area contributed by atoms with Gasteiger partial charge in [-0.25, -0.2) is 0 Å². The summed E-state index contributed by atoms with van der Waals surface area (Å²) in [6, 6.07) is 83.4. The van der Waals surface area contributed by atoms with Gasteiger partial charge in [0.25, 0.3) is 0 Å². The fourth-order valence-corrected chi connectivity index (χ4v) is 8.58. The highest BCUT2D eigenvalue weighted by Crippen LogP contribution is 2.38. The lowest BCUT2D eigenvalue weighted by molar-refractivity contribution is 1.41. The molecular formula is C68H62. The minimum Gasteiger partial charge on any atom is -0.0614 e. The maximum atomic E-state index is 2.32. The molecule has 0 radical (unpaired) electrons. The van der Waals surface area contributed by atoms with E-state index in [1.165, 1.54) is 122 Å². The second-order valence-electron chi connectivity index (χ2n) is 18.4. The fraction of sp³-hybridized carbons (Fsp3) is 0.118. The van der Waals surface area contributed by atoms with E-state index < -0.39 is 0 Å². The van der Waals surface area contributed by atoms with Gasteiger partial charge >= 0.3 is 0 Å². The minimum atomic E-state index is 1.25. The van der Waals surface area contributed by atoms with Gasteiger partial charge in [0.2, 0.25) is 0 Å². The first-order valence-corrected chi connectivity index (χ1v) is 23.8. The van der Waals surface area contributed by atoms with E-state index >= 15 is 0 Å². The average molecular weight is 879 g/mol. The Morgan fingerprint density at radius 2 is 0.441 bits per heavy atom. The van der Waals surface area contributed by atoms with Gasteiger partial charge in [-0.2, -0.15) is 0 Å². The average Bonchev–Trinajstić information content (AvgIpc) is 3.35. The topological polar surface area (TPSA) is 0 Å². The molecule has 0 fully saturated rings. The molecule has 0 saturated carbocycles. The van der Waals surface area contributed by atoms with E-state index in [4.69, 9.17) is 0 Å². The zero-order valence-electron chi connectivity index (χ0n) is 40.9. The Hall–Kier alpha value is -7.80. The first-order chi connectivity index (χ1) is 32.9. The predicted octanol–water partition coefficient (Wildman–Crippen LogP) is 19.2. The molecule has 0 heterocycles. The van der Waals surface area contributed by atoms with Gasteiger partial charge in [-0.15, -0.1) is 0 Å². The fourth-order valence-electron chi connectivity index (χ4n) is 8.58. The summed E-state index contributed by atoms with van der Waals surface area (Å²) in [6.45, 7) is 17.1. The molecule has 10 aromatic rings. The Bertz CT molecular complexity index is 3180. The van der Waals surface area contributed by atoms with Gasteiger partial charge in [0.15, 0.2) is 0 Å². The van der Waals surface area contributed by atoms with Crippen molar-refractivity contribution in [3.8, 4) is 77.9 Å². The number of rotatable bonds is 7. The van der Waals surface area contributed by atoms with Crippen LogP contribution in [0.2, 0.25) is 0 Å². The Morgan fingerprint density at radius 1 is 0.162 bits per heavy atom. The van der Waals surface area contributed by atoms with Crippen LogP contribution in [0.3, 0.4) is 0 Å². The highest BCUT2D eigenvalue weighted by Gasteiger charge is 2.13. The van der Waals surface area contributed by atoms with Gasteiger partial charge in [0.05, 0.1) is 0 Å². The molecule has 0 amide bonds. The summed E-state index contributed by atoms with van der Waals surface area (Å²) in [4.78, 5) is 0. The highest BCUT2D eigenvalue weighted by atomic mass is 14.2. The van der Waals surface area contributed by atoms with Crippen molar-refractivity contribution in [3.05, 3.63) is 275 Å². The van der Waals surface area contributed by atoms with Gasteiger partial charge in [-0.05, 0) is 151 Å². The van der Waals surface area contributed by atoms with E-state index in [2.05, 4.69) is 286 Å². The monoisotopic (exact) mass is 878 g/mol. The van der Waals surface area contributed by atoms with Crippen LogP contribution in [0.1, 0.15) is 44.5 Å². The molecule has 0 nitrogen and oxygen atoms in total. The van der Waals surface area contributed by atoms with Gasteiger partial charge in [0, 0.05) is 0 Å². The van der Waals surface area contributed by atoms with Crippen molar-refractivity contribution in [2.75, 3.05) is 0 Å². The van der Waals surface area contributed by atoms with Crippen LogP contribution in [-0.2, 0) is 0 Å². The summed E-state index contributed by atoms with van der Waals surface area (Å²) in [7, 11) is 0.